The zero-order valence-electron chi connectivity index (χ0n) is 18.5. The maximum Gasteiger partial charge on any atom is 0.240 e. The predicted molar refractivity (Wildman–Crippen MR) is 124 cm³/mol. The Labute approximate surface area is 195 Å². The highest BCUT2D eigenvalue weighted by atomic mass is 32.2. The average Bonchev–Trinajstić information content (AvgIpc) is 2.79. The van der Waals surface area contributed by atoms with Crippen molar-refractivity contribution < 1.29 is 27.4 Å². The second-order valence-electron chi connectivity index (χ2n) is 7.43. The van der Waals surface area contributed by atoms with Crippen LogP contribution in [0.3, 0.4) is 0 Å². The molecule has 0 aromatic heterocycles. The van der Waals surface area contributed by atoms with Crippen LogP contribution in [0.15, 0.2) is 65.6 Å². The summed E-state index contributed by atoms with van der Waals surface area (Å²) >= 11 is -2.05. The smallest absolute Gasteiger partial charge is 0.240 e. The number of nitrogens with one attached hydrogen (secondary N) is 1. The summed E-state index contributed by atoms with van der Waals surface area (Å²) in [5, 5.41) is 12.9. The molecule has 2 N–H and O–H groups in total. The monoisotopic (exact) mass is 471 g/mol. The molecule has 1 atom stereocenters. The van der Waals surface area contributed by atoms with Gasteiger partial charge in [-0.3, -0.25) is 4.79 Å². The van der Waals surface area contributed by atoms with E-state index >= 15 is 0 Å². The molecule has 0 aliphatic carbocycles. The number of carbonyl (C=O) groups is 1. The van der Waals surface area contributed by atoms with E-state index in [0.717, 1.165) is 17.2 Å². The quantitative estimate of drug-likeness (QED) is 0.472. The number of aliphatic hydroxyl groups is 1. The minimum absolute atomic E-state index is 0.00331. The van der Waals surface area contributed by atoms with Crippen molar-refractivity contribution in [2.24, 2.45) is 0 Å². The number of aliphatic hydroxyl groups excluding tert-OH is 1. The molecule has 3 aromatic rings. The molecule has 3 aromatic carbocycles. The van der Waals surface area contributed by atoms with Gasteiger partial charge in [0.15, 0.2) is 11.5 Å². The molecule has 0 aliphatic heterocycles. The molecule has 174 valence electrons. The van der Waals surface area contributed by atoms with Crippen molar-refractivity contribution in [3.8, 4) is 11.5 Å². The van der Waals surface area contributed by atoms with Gasteiger partial charge in [0, 0.05) is 12.1 Å². The summed E-state index contributed by atoms with van der Waals surface area (Å²) in [6.07, 6.45) is 0.695. The van der Waals surface area contributed by atoms with Crippen LogP contribution in [0.5, 0.6) is 11.5 Å². The summed E-state index contributed by atoms with van der Waals surface area (Å²) in [6.45, 7) is 2.03. The minimum atomic E-state index is -2.05. The van der Waals surface area contributed by atoms with E-state index in [9.17, 15) is 18.5 Å². The second-order valence-corrected chi connectivity index (χ2v) is 8.54. The van der Waals surface area contributed by atoms with Crippen molar-refractivity contribution in [3.05, 3.63) is 88.7 Å². The van der Waals surface area contributed by atoms with Crippen LogP contribution in [0.25, 0.3) is 0 Å². The molecule has 6 nitrogen and oxygen atoms in total. The van der Waals surface area contributed by atoms with Gasteiger partial charge in [0.2, 0.25) is 17.0 Å². The number of methoxy groups -OCH3 is 1. The van der Waals surface area contributed by atoms with Crippen LogP contribution in [-0.4, -0.2) is 28.9 Å². The van der Waals surface area contributed by atoms with Gasteiger partial charge in [-0.05, 0) is 48.7 Å². The van der Waals surface area contributed by atoms with Gasteiger partial charge in [0.05, 0.1) is 25.0 Å². The highest BCUT2D eigenvalue weighted by Gasteiger charge is 2.20. The third kappa shape index (κ3) is 6.63. The minimum Gasteiger partial charge on any atom is -0.493 e. The fourth-order valence-corrected chi connectivity index (χ4v) is 4.21. The molecule has 0 saturated heterocycles. The van der Waals surface area contributed by atoms with Gasteiger partial charge in [-0.25, -0.2) is 8.60 Å². The number of hydrogen-bond donors (Lipinski definition) is 2. The summed E-state index contributed by atoms with van der Waals surface area (Å²) in [4.78, 5) is 12.6. The summed E-state index contributed by atoms with van der Waals surface area (Å²) in [7, 11) is 1.41. The third-order valence-corrected chi connectivity index (χ3v) is 5.97. The van der Waals surface area contributed by atoms with Gasteiger partial charge < -0.3 is 19.3 Å². The first-order valence-corrected chi connectivity index (χ1v) is 11.5. The molecule has 0 bridgehead atoms. The van der Waals surface area contributed by atoms with Gasteiger partial charge in [0.25, 0.3) is 0 Å². The highest BCUT2D eigenvalue weighted by Crippen LogP contribution is 2.35. The third-order valence-electron chi connectivity index (χ3n) is 5.02. The normalized spacial score (nSPS) is 11.6. The Morgan fingerprint density at radius 2 is 1.91 bits per heavy atom. The number of amides is 1. The van der Waals surface area contributed by atoms with E-state index in [1.165, 1.54) is 25.3 Å². The first-order chi connectivity index (χ1) is 15.9. The van der Waals surface area contributed by atoms with Gasteiger partial charge in [-0.2, -0.15) is 0 Å². The number of ether oxygens (including phenoxy) is 1. The molecule has 0 fully saturated rings. The molecule has 3 rings (SSSR count). The molecule has 1 amide bonds. The number of hydrogen-bond acceptors (Lipinski definition) is 5. The zero-order valence-corrected chi connectivity index (χ0v) is 19.3. The Hall–Kier alpha value is -3.23. The van der Waals surface area contributed by atoms with Gasteiger partial charge in [0.1, 0.15) is 5.82 Å². The molecule has 0 spiro atoms. The van der Waals surface area contributed by atoms with Crippen molar-refractivity contribution in [2.45, 2.75) is 31.3 Å². The van der Waals surface area contributed by atoms with Crippen LogP contribution in [0.2, 0.25) is 0 Å². The SMILES string of the molecule is COc1ccc(CC(=O)NCCc2cccc(C)c2)c(CO)c1OS(=O)c1cccc(F)c1. The summed E-state index contributed by atoms with van der Waals surface area (Å²) < 4.78 is 37.0. The first-order valence-electron chi connectivity index (χ1n) is 10.4. The van der Waals surface area contributed by atoms with Crippen molar-refractivity contribution in [3.63, 3.8) is 0 Å². The van der Waals surface area contributed by atoms with E-state index in [1.54, 1.807) is 12.1 Å². The number of halogens is 1. The van der Waals surface area contributed by atoms with E-state index in [1.807, 2.05) is 25.1 Å². The second kappa shape index (κ2) is 11.6. The van der Waals surface area contributed by atoms with E-state index in [0.29, 0.717) is 18.5 Å². The number of rotatable bonds is 10. The molecule has 1 unspecified atom stereocenters. The van der Waals surface area contributed by atoms with Crippen LogP contribution >= 0.6 is 0 Å². The van der Waals surface area contributed by atoms with Crippen molar-refractivity contribution in [1.82, 2.24) is 5.32 Å². The van der Waals surface area contributed by atoms with Crippen LogP contribution in [-0.2, 0) is 35.3 Å². The lowest BCUT2D eigenvalue weighted by Crippen LogP contribution is -2.27. The summed E-state index contributed by atoms with van der Waals surface area (Å²) in [5.74, 6) is -0.477. The van der Waals surface area contributed by atoms with E-state index in [2.05, 4.69) is 11.4 Å². The van der Waals surface area contributed by atoms with E-state index in [-0.39, 0.29) is 34.3 Å². The van der Waals surface area contributed by atoms with Crippen LogP contribution in [0, 0.1) is 12.7 Å². The van der Waals surface area contributed by atoms with Gasteiger partial charge in [-0.15, -0.1) is 0 Å². The molecule has 0 radical (unpaired) electrons. The van der Waals surface area contributed by atoms with Crippen molar-refractivity contribution in [2.75, 3.05) is 13.7 Å². The van der Waals surface area contributed by atoms with Crippen LogP contribution < -0.4 is 14.2 Å². The number of aryl methyl sites for hydroxylation is 1. The lowest BCUT2D eigenvalue weighted by molar-refractivity contribution is -0.120. The summed E-state index contributed by atoms with van der Waals surface area (Å²) in [5.41, 5.74) is 3.09. The Kier molecular flexibility index (Phi) is 8.57. The fourth-order valence-electron chi connectivity index (χ4n) is 3.38. The van der Waals surface area contributed by atoms with E-state index < -0.39 is 23.5 Å². The lowest BCUT2D eigenvalue weighted by atomic mass is 10.0. The lowest BCUT2D eigenvalue weighted by Gasteiger charge is -2.16. The molecular formula is C25H26FNO5S. The highest BCUT2D eigenvalue weighted by molar-refractivity contribution is 7.80. The molecule has 33 heavy (non-hydrogen) atoms. The Morgan fingerprint density at radius 1 is 1.12 bits per heavy atom. The van der Waals surface area contributed by atoms with Gasteiger partial charge in [-0.1, -0.05) is 42.0 Å². The van der Waals surface area contributed by atoms with E-state index in [4.69, 9.17) is 8.92 Å². The summed E-state index contributed by atoms with van der Waals surface area (Å²) in [6, 6.07) is 16.5. The molecule has 0 heterocycles. The molecule has 0 saturated carbocycles. The number of benzene rings is 3. The van der Waals surface area contributed by atoms with Crippen molar-refractivity contribution >= 4 is 17.0 Å². The van der Waals surface area contributed by atoms with Crippen molar-refractivity contribution in [1.29, 1.82) is 0 Å². The maximum atomic E-state index is 13.5. The van der Waals surface area contributed by atoms with Gasteiger partial charge >= 0.3 is 0 Å². The topological polar surface area (TPSA) is 84.9 Å². The van der Waals surface area contributed by atoms with Crippen LogP contribution in [0.1, 0.15) is 22.3 Å². The Balaban J connectivity index is 1.72. The zero-order chi connectivity index (χ0) is 23.8. The maximum absolute atomic E-state index is 13.5. The number of carbonyl (C=O) groups excluding carboxylic acids is 1. The largest absolute Gasteiger partial charge is 0.493 e. The Morgan fingerprint density at radius 3 is 2.61 bits per heavy atom. The van der Waals surface area contributed by atoms with Crippen LogP contribution in [0.4, 0.5) is 4.39 Å². The first kappa shape index (κ1) is 24.4. The Bertz CT molecular complexity index is 1150. The fraction of sp³-hybridized carbons (Fsp3) is 0.240. The molecular weight excluding hydrogens is 445 g/mol. The average molecular weight is 472 g/mol. The molecule has 8 heteroatoms. The predicted octanol–water partition coefficient (Wildman–Crippen LogP) is 3.64. The standard InChI is InChI=1S/C25H26FNO5S/c1-17-5-3-6-18(13-17)11-12-27-24(29)14-19-9-10-23(31-2)25(22(19)16-28)32-33(30)21-8-4-7-20(26)15-21/h3-10,13,15,28H,11-12,14,16H2,1-2H3,(H,27,29). The molecule has 0 aliphatic rings.